The van der Waals surface area contributed by atoms with Gasteiger partial charge >= 0.3 is 8.25 Å². The van der Waals surface area contributed by atoms with Gasteiger partial charge in [0.15, 0.2) is 0 Å². The first kappa shape index (κ1) is 28.1. The van der Waals surface area contributed by atoms with Gasteiger partial charge in [0, 0.05) is 22.2 Å². The van der Waals surface area contributed by atoms with Gasteiger partial charge in [-0.3, -0.25) is 4.98 Å². The molecule has 192 valence electrons. The molecule has 3 rings (SSSR count). The van der Waals surface area contributed by atoms with Crippen molar-refractivity contribution >= 4 is 8.25 Å². The summed E-state index contributed by atoms with van der Waals surface area (Å²) in [6.07, 6.45) is 9.19. The molecule has 0 aliphatic rings. The molecule has 2 N–H and O–H groups in total. The molecular formula is C30H40N2O3P+. The number of pyridine rings is 1. The van der Waals surface area contributed by atoms with Gasteiger partial charge in [-0.2, -0.15) is 0 Å². The van der Waals surface area contributed by atoms with Crippen LogP contribution in [0.4, 0.5) is 0 Å². The van der Waals surface area contributed by atoms with Crippen LogP contribution in [-0.4, -0.2) is 23.0 Å². The highest BCUT2D eigenvalue weighted by Gasteiger charge is 2.13. The number of aromatic nitrogens is 1. The molecule has 0 saturated carbocycles. The van der Waals surface area contributed by atoms with Crippen LogP contribution in [0.2, 0.25) is 0 Å². The van der Waals surface area contributed by atoms with Crippen LogP contribution in [0.25, 0.3) is 22.4 Å². The zero-order valence-corrected chi connectivity index (χ0v) is 22.6. The van der Waals surface area contributed by atoms with Gasteiger partial charge in [-0.25, -0.2) is 0 Å². The third-order valence-corrected chi connectivity index (χ3v) is 6.75. The molecule has 0 bridgehead atoms. The summed E-state index contributed by atoms with van der Waals surface area (Å²) in [6.45, 7) is 6.09. The van der Waals surface area contributed by atoms with E-state index in [-0.39, 0.29) is 6.61 Å². The molecule has 6 heteroatoms. The van der Waals surface area contributed by atoms with Crippen LogP contribution in [0.15, 0.2) is 60.7 Å². The van der Waals surface area contributed by atoms with Crippen molar-refractivity contribution in [3.8, 4) is 22.4 Å². The molecule has 1 atom stereocenters. The summed E-state index contributed by atoms with van der Waals surface area (Å²) in [5, 5.41) is 3.36. The molecule has 0 aliphatic heterocycles. The second-order valence-electron chi connectivity index (χ2n) is 9.21. The van der Waals surface area contributed by atoms with Gasteiger partial charge in [-0.05, 0) is 55.0 Å². The van der Waals surface area contributed by atoms with E-state index in [1.807, 2.05) is 6.07 Å². The maximum Gasteiger partial charge on any atom is 0.694 e. The molecule has 1 heterocycles. The Morgan fingerprint density at radius 2 is 1.69 bits per heavy atom. The van der Waals surface area contributed by atoms with Crippen molar-refractivity contribution in [2.45, 2.75) is 71.8 Å². The van der Waals surface area contributed by atoms with Crippen molar-refractivity contribution in [2.75, 3.05) is 13.2 Å². The van der Waals surface area contributed by atoms with Crippen molar-refractivity contribution in [1.82, 2.24) is 10.3 Å². The highest BCUT2D eigenvalue weighted by molar-refractivity contribution is 7.32. The lowest BCUT2D eigenvalue weighted by molar-refractivity contribution is 0.276. The number of aryl methyl sites for hydroxylation is 2. The van der Waals surface area contributed by atoms with Crippen LogP contribution in [-0.2, 0) is 28.5 Å². The van der Waals surface area contributed by atoms with Crippen molar-refractivity contribution < 1.29 is 14.0 Å². The zero-order valence-electron chi connectivity index (χ0n) is 21.7. The summed E-state index contributed by atoms with van der Waals surface area (Å²) in [5.74, 6) is 0. The Labute approximate surface area is 217 Å². The Kier molecular flexibility index (Phi) is 12.2. The van der Waals surface area contributed by atoms with Crippen LogP contribution in [0.5, 0.6) is 0 Å². The molecule has 1 unspecified atom stereocenters. The van der Waals surface area contributed by atoms with Gasteiger partial charge in [-0.15, -0.1) is 9.42 Å². The average molecular weight is 508 g/mol. The molecule has 36 heavy (non-hydrogen) atoms. The van der Waals surface area contributed by atoms with Gasteiger partial charge in [0.1, 0.15) is 6.61 Å². The average Bonchev–Trinajstić information content (AvgIpc) is 2.90. The quantitative estimate of drug-likeness (QED) is 0.154. The Balaban J connectivity index is 1.82. The summed E-state index contributed by atoms with van der Waals surface area (Å²) in [7, 11) is -2.52. The minimum absolute atomic E-state index is 0.259. The number of nitrogens with one attached hydrogen (secondary N) is 1. The highest BCUT2D eigenvalue weighted by atomic mass is 31.1. The Morgan fingerprint density at radius 1 is 0.861 bits per heavy atom. The summed E-state index contributed by atoms with van der Waals surface area (Å²) in [6, 6.07) is 21.6. The molecule has 0 aliphatic carbocycles. The van der Waals surface area contributed by atoms with E-state index in [0.29, 0.717) is 19.5 Å². The Morgan fingerprint density at radius 3 is 2.44 bits per heavy atom. The van der Waals surface area contributed by atoms with Crippen LogP contribution in [0.3, 0.4) is 0 Å². The van der Waals surface area contributed by atoms with E-state index < -0.39 is 8.25 Å². The van der Waals surface area contributed by atoms with Crippen molar-refractivity contribution in [3.63, 3.8) is 0 Å². The van der Waals surface area contributed by atoms with E-state index in [1.165, 1.54) is 42.4 Å². The molecule has 1 aromatic heterocycles. The predicted octanol–water partition coefficient (Wildman–Crippen LogP) is 7.64. The normalized spacial score (nSPS) is 11.6. The highest BCUT2D eigenvalue weighted by Crippen LogP contribution is 2.33. The largest absolute Gasteiger partial charge is 0.694 e. The van der Waals surface area contributed by atoms with E-state index in [4.69, 9.17) is 14.4 Å². The fourth-order valence-corrected chi connectivity index (χ4v) is 4.77. The lowest BCUT2D eigenvalue weighted by Gasteiger charge is -2.15. The number of benzene rings is 2. The summed E-state index contributed by atoms with van der Waals surface area (Å²) in [4.78, 5) is 13.8. The molecule has 0 saturated heterocycles. The lowest BCUT2D eigenvalue weighted by Crippen LogP contribution is -2.17. The first-order chi connectivity index (χ1) is 17.6. The maximum absolute atomic E-state index is 10.6. The Hall–Kier alpha value is -2.43. The molecule has 0 amide bonds. The minimum atomic E-state index is -2.52. The van der Waals surface area contributed by atoms with E-state index in [2.05, 4.69) is 73.8 Å². The van der Waals surface area contributed by atoms with Gasteiger partial charge < -0.3 is 5.32 Å². The second kappa shape index (κ2) is 15.6. The van der Waals surface area contributed by atoms with Gasteiger partial charge in [0.25, 0.3) is 0 Å². The number of rotatable bonds is 16. The second-order valence-corrected chi connectivity index (χ2v) is 9.94. The third kappa shape index (κ3) is 8.90. The van der Waals surface area contributed by atoms with Gasteiger partial charge in [0.2, 0.25) is 0 Å². The van der Waals surface area contributed by atoms with E-state index in [9.17, 15) is 4.57 Å². The fraction of sp³-hybridized carbons (Fsp3) is 0.433. The lowest BCUT2D eigenvalue weighted by atomic mass is 9.92. The van der Waals surface area contributed by atoms with Crippen molar-refractivity contribution in [1.29, 1.82) is 0 Å². The summed E-state index contributed by atoms with van der Waals surface area (Å²) in [5.41, 5.74) is 8.39. The van der Waals surface area contributed by atoms with E-state index in [0.717, 1.165) is 41.8 Å². The molecule has 0 fully saturated rings. The number of unbranched alkanes of at least 4 members (excludes halogenated alkanes) is 3. The third-order valence-electron chi connectivity index (χ3n) is 6.34. The zero-order chi connectivity index (χ0) is 25.6. The maximum atomic E-state index is 10.6. The minimum Gasteiger partial charge on any atom is -0.311 e. The number of hydrogen-bond acceptors (Lipinski definition) is 4. The van der Waals surface area contributed by atoms with E-state index in [1.54, 1.807) is 0 Å². The molecule has 3 aromatic rings. The topological polar surface area (TPSA) is 71.5 Å². The van der Waals surface area contributed by atoms with Crippen LogP contribution in [0.1, 0.15) is 69.2 Å². The fourth-order valence-electron chi connectivity index (χ4n) is 4.48. The molecule has 0 radical (unpaired) electrons. The molecule has 5 nitrogen and oxygen atoms in total. The smallest absolute Gasteiger partial charge is 0.311 e. The van der Waals surface area contributed by atoms with Crippen LogP contribution in [0, 0.1) is 0 Å². The number of hydrogen-bond donors (Lipinski definition) is 2. The van der Waals surface area contributed by atoms with E-state index >= 15 is 0 Å². The molecular weight excluding hydrogens is 467 g/mol. The first-order valence-electron chi connectivity index (χ1n) is 13.3. The summed E-state index contributed by atoms with van der Waals surface area (Å²) >= 11 is 0. The monoisotopic (exact) mass is 507 g/mol. The SMILES string of the molecule is CCCCCCc1ccc(-c2ccc(CNCCCO[P+](=O)O)nc2-c2ccccc2)cc1CCC. The Bertz CT molecular complexity index is 1090. The molecule has 0 spiro atoms. The first-order valence-corrected chi connectivity index (χ1v) is 14.4. The van der Waals surface area contributed by atoms with Crippen LogP contribution < -0.4 is 5.32 Å². The number of nitrogens with zero attached hydrogens (tertiary/aromatic N) is 1. The van der Waals surface area contributed by atoms with Gasteiger partial charge in [0.05, 0.1) is 11.4 Å². The standard InChI is InChI=1S/C30H39N2O3P/c1-3-5-6-8-13-24-16-17-27(22-26(24)12-4-2)29-19-18-28(23-31-20-11-21-35-36(33)34)32-30(29)25-14-9-7-10-15-25/h7,9-10,14-19,22,31H,3-6,8,11-13,20-21,23H2,1-2H3/p+1. The summed E-state index contributed by atoms with van der Waals surface area (Å²) < 4.78 is 15.3. The van der Waals surface area contributed by atoms with Crippen molar-refractivity contribution in [2.24, 2.45) is 0 Å². The van der Waals surface area contributed by atoms with Gasteiger partial charge in [-0.1, -0.05) is 94.1 Å². The van der Waals surface area contributed by atoms with Crippen LogP contribution >= 0.6 is 8.25 Å². The predicted molar refractivity (Wildman–Crippen MR) is 149 cm³/mol. The molecule has 2 aromatic carbocycles. The van der Waals surface area contributed by atoms with Crippen molar-refractivity contribution in [3.05, 3.63) is 77.5 Å².